The number of nitrogens with one attached hydrogen (secondary N) is 5. The van der Waals surface area contributed by atoms with Crippen LogP contribution >= 0.6 is 12.2 Å². The Morgan fingerprint density at radius 1 is 0.974 bits per heavy atom. The molecule has 11 nitrogen and oxygen atoms in total. The number of benzene rings is 1. The standard InChI is InChI=1S/C27H36N6O5S/c1-4-18(5-2)16-29-23(35)17-33-15-9-12-21(26(33)38)31-24(36)20(13-14-22(34)25(37)28-3)32-27(39)30-19-10-7-6-8-11-19/h6-12,15,18,20H,4-5,13-14,16-17H2,1-3H3,(H,28,37)(H,29,35)(H,31,36)(H2,30,32,39)/t20-/m0/s1. The van der Waals surface area contributed by atoms with Crippen molar-refractivity contribution in [2.75, 3.05) is 24.2 Å². The molecule has 0 aliphatic rings. The molecule has 39 heavy (non-hydrogen) atoms. The number of hydrogen-bond donors (Lipinski definition) is 5. The molecular weight excluding hydrogens is 520 g/mol. The van der Waals surface area contributed by atoms with E-state index >= 15 is 0 Å². The van der Waals surface area contributed by atoms with E-state index in [1.807, 2.05) is 18.2 Å². The van der Waals surface area contributed by atoms with Gasteiger partial charge in [-0.1, -0.05) is 44.9 Å². The van der Waals surface area contributed by atoms with Crippen molar-refractivity contribution < 1.29 is 19.2 Å². The molecule has 2 rings (SSSR count). The molecule has 0 saturated heterocycles. The molecule has 1 aromatic carbocycles. The summed E-state index contributed by atoms with van der Waals surface area (Å²) >= 11 is 5.33. The maximum absolute atomic E-state index is 13.2. The molecule has 0 radical (unpaired) electrons. The van der Waals surface area contributed by atoms with Crippen molar-refractivity contribution in [3.8, 4) is 0 Å². The Labute approximate surface area is 233 Å². The van der Waals surface area contributed by atoms with Gasteiger partial charge in [0.05, 0.1) is 0 Å². The molecule has 210 valence electrons. The summed E-state index contributed by atoms with van der Waals surface area (Å²) in [5, 5.41) is 13.6. The summed E-state index contributed by atoms with van der Waals surface area (Å²) in [6.45, 7) is 4.43. The maximum atomic E-state index is 13.2. The fourth-order valence-corrected chi connectivity index (χ4v) is 3.93. The normalized spacial score (nSPS) is 11.3. The number of carbonyl (C=O) groups excluding carboxylic acids is 4. The molecule has 1 heterocycles. The van der Waals surface area contributed by atoms with E-state index in [1.165, 1.54) is 23.9 Å². The smallest absolute Gasteiger partial charge is 0.287 e. The van der Waals surface area contributed by atoms with E-state index in [9.17, 15) is 24.0 Å². The number of rotatable bonds is 14. The quantitative estimate of drug-likeness (QED) is 0.175. The van der Waals surface area contributed by atoms with Crippen molar-refractivity contribution in [1.29, 1.82) is 0 Å². The lowest BCUT2D eigenvalue weighted by Gasteiger charge is -2.20. The van der Waals surface area contributed by atoms with Crippen LogP contribution < -0.4 is 32.1 Å². The largest absolute Gasteiger partial charge is 0.354 e. The molecule has 0 spiro atoms. The number of carbonyl (C=O) groups is 4. The van der Waals surface area contributed by atoms with Crippen LogP contribution in [0.2, 0.25) is 0 Å². The number of pyridine rings is 1. The average molecular weight is 557 g/mol. The summed E-state index contributed by atoms with van der Waals surface area (Å²) in [6, 6.07) is 10.9. The van der Waals surface area contributed by atoms with Crippen LogP contribution in [0.3, 0.4) is 0 Å². The minimum absolute atomic E-state index is 0.0401. The van der Waals surface area contributed by atoms with Crippen LogP contribution in [0.15, 0.2) is 53.5 Å². The zero-order chi connectivity index (χ0) is 28.8. The van der Waals surface area contributed by atoms with Gasteiger partial charge in [0.1, 0.15) is 18.3 Å². The highest BCUT2D eigenvalue weighted by Crippen LogP contribution is 2.08. The van der Waals surface area contributed by atoms with E-state index < -0.39 is 29.2 Å². The highest BCUT2D eigenvalue weighted by molar-refractivity contribution is 7.80. The first kappa shape index (κ1) is 31.2. The monoisotopic (exact) mass is 556 g/mol. The van der Waals surface area contributed by atoms with Gasteiger partial charge >= 0.3 is 0 Å². The molecular formula is C27H36N6O5S. The van der Waals surface area contributed by atoms with Crippen LogP contribution in [-0.2, 0) is 25.7 Å². The highest BCUT2D eigenvalue weighted by atomic mass is 32.1. The summed E-state index contributed by atoms with van der Waals surface area (Å²) in [5.41, 5.74) is 0.0828. The van der Waals surface area contributed by atoms with Gasteiger partial charge in [-0.2, -0.15) is 0 Å². The molecule has 3 amide bonds. The number of aromatic nitrogens is 1. The second-order valence-corrected chi connectivity index (χ2v) is 9.30. The van der Waals surface area contributed by atoms with E-state index in [-0.39, 0.29) is 36.1 Å². The fourth-order valence-electron chi connectivity index (χ4n) is 3.67. The van der Waals surface area contributed by atoms with Crippen molar-refractivity contribution in [1.82, 2.24) is 20.5 Å². The third-order valence-electron chi connectivity index (χ3n) is 6.13. The lowest BCUT2D eigenvalue weighted by Crippen LogP contribution is -2.46. The van der Waals surface area contributed by atoms with Gasteiger partial charge in [0.2, 0.25) is 17.6 Å². The molecule has 1 aromatic heterocycles. The molecule has 2 aromatic rings. The number of hydrogen-bond acceptors (Lipinski definition) is 6. The minimum atomic E-state index is -1.04. The van der Waals surface area contributed by atoms with Crippen molar-refractivity contribution in [2.24, 2.45) is 5.92 Å². The zero-order valence-corrected chi connectivity index (χ0v) is 23.2. The number of Topliss-reactive ketones (excluding diaryl/α,β-unsaturated/α-hetero) is 1. The van der Waals surface area contributed by atoms with Crippen molar-refractivity contribution in [2.45, 2.75) is 52.1 Å². The number of para-hydroxylation sites is 1. The van der Waals surface area contributed by atoms with E-state index in [1.54, 1.807) is 18.2 Å². The van der Waals surface area contributed by atoms with Crippen LogP contribution in [0.1, 0.15) is 39.5 Å². The molecule has 0 aliphatic carbocycles. The van der Waals surface area contributed by atoms with E-state index in [0.29, 0.717) is 18.2 Å². The third kappa shape index (κ3) is 10.3. The number of ketones is 1. The zero-order valence-electron chi connectivity index (χ0n) is 22.4. The average Bonchev–Trinajstić information content (AvgIpc) is 2.93. The molecule has 1 atom stereocenters. The van der Waals surface area contributed by atoms with Gasteiger partial charge in [0, 0.05) is 31.9 Å². The van der Waals surface area contributed by atoms with Crippen molar-refractivity contribution >= 4 is 52.2 Å². The number of thiocarbonyl (C=S) groups is 1. The van der Waals surface area contributed by atoms with Gasteiger partial charge in [-0.15, -0.1) is 0 Å². The van der Waals surface area contributed by atoms with Gasteiger partial charge in [0.25, 0.3) is 11.5 Å². The van der Waals surface area contributed by atoms with Gasteiger partial charge in [-0.3, -0.25) is 24.0 Å². The fraction of sp³-hybridized carbons (Fsp3) is 0.407. The Kier molecular flexibility index (Phi) is 12.8. The van der Waals surface area contributed by atoms with Crippen LogP contribution in [0, 0.1) is 5.92 Å². The Balaban J connectivity index is 2.13. The molecule has 0 aliphatic heterocycles. The topological polar surface area (TPSA) is 150 Å². The van der Waals surface area contributed by atoms with Gasteiger partial charge in [-0.25, -0.2) is 0 Å². The minimum Gasteiger partial charge on any atom is -0.354 e. The van der Waals surface area contributed by atoms with Gasteiger partial charge in [0.15, 0.2) is 5.11 Å². The summed E-state index contributed by atoms with van der Waals surface area (Å²) in [4.78, 5) is 62.2. The molecule has 0 saturated carbocycles. The molecule has 0 unspecified atom stereocenters. The second-order valence-electron chi connectivity index (χ2n) is 8.89. The second kappa shape index (κ2) is 16.0. The Morgan fingerprint density at radius 2 is 1.67 bits per heavy atom. The first-order valence-corrected chi connectivity index (χ1v) is 13.2. The van der Waals surface area contributed by atoms with Crippen molar-refractivity contribution in [3.63, 3.8) is 0 Å². The predicted octanol–water partition coefficient (Wildman–Crippen LogP) is 1.79. The van der Waals surface area contributed by atoms with Gasteiger partial charge in [-0.05, 0) is 48.8 Å². The summed E-state index contributed by atoms with van der Waals surface area (Å²) in [7, 11) is 1.34. The SMILES string of the molecule is CCC(CC)CNC(=O)Cn1cccc(NC(=O)[C@H](CCC(=O)C(=O)NC)NC(=S)Nc2ccccc2)c1=O. The molecule has 5 N–H and O–H groups in total. The third-order valence-corrected chi connectivity index (χ3v) is 6.35. The van der Waals surface area contributed by atoms with Crippen LogP contribution in [0.5, 0.6) is 0 Å². The first-order valence-electron chi connectivity index (χ1n) is 12.8. The summed E-state index contributed by atoms with van der Waals surface area (Å²) in [6.07, 6.45) is 3.05. The number of anilines is 2. The van der Waals surface area contributed by atoms with Gasteiger partial charge < -0.3 is 31.2 Å². The number of nitrogens with zero attached hydrogens (tertiary/aromatic N) is 1. The summed E-state index contributed by atoms with van der Waals surface area (Å²) in [5.74, 6) is -2.05. The van der Waals surface area contributed by atoms with Crippen molar-refractivity contribution in [3.05, 3.63) is 59.0 Å². The van der Waals surface area contributed by atoms with E-state index in [0.717, 1.165) is 12.8 Å². The Morgan fingerprint density at radius 3 is 2.31 bits per heavy atom. The highest BCUT2D eigenvalue weighted by Gasteiger charge is 2.24. The predicted molar refractivity (Wildman–Crippen MR) is 154 cm³/mol. The summed E-state index contributed by atoms with van der Waals surface area (Å²) < 4.78 is 1.21. The lowest BCUT2D eigenvalue weighted by molar-refractivity contribution is -0.137. The number of amides is 3. The van der Waals surface area contributed by atoms with E-state index in [2.05, 4.69) is 40.4 Å². The first-order chi connectivity index (χ1) is 18.7. The molecule has 12 heteroatoms. The number of likely N-dealkylation sites (N-methyl/N-ethyl adjacent to an activating group) is 1. The Bertz CT molecular complexity index is 1210. The Hall–Kier alpha value is -4.06. The molecule has 0 bridgehead atoms. The maximum Gasteiger partial charge on any atom is 0.287 e. The van der Waals surface area contributed by atoms with Crippen LogP contribution in [0.25, 0.3) is 0 Å². The van der Waals surface area contributed by atoms with Crippen LogP contribution in [-0.4, -0.2) is 52.8 Å². The van der Waals surface area contributed by atoms with Crippen LogP contribution in [0.4, 0.5) is 11.4 Å². The lowest BCUT2D eigenvalue weighted by atomic mass is 10.0. The van der Waals surface area contributed by atoms with E-state index in [4.69, 9.17) is 12.2 Å². The molecule has 0 fully saturated rings.